The van der Waals surface area contributed by atoms with Crippen LogP contribution >= 0.6 is 0 Å². The van der Waals surface area contributed by atoms with E-state index in [0.717, 1.165) is 58.2 Å². The number of likely N-dealkylation sites (tertiary alicyclic amines) is 1. The van der Waals surface area contributed by atoms with Crippen LogP contribution in [0.1, 0.15) is 72.6 Å². The van der Waals surface area contributed by atoms with E-state index in [-0.39, 0.29) is 17.2 Å². The molecule has 6 heteroatoms. The Morgan fingerprint density at radius 3 is 2.36 bits per heavy atom. The fourth-order valence-electron chi connectivity index (χ4n) is 4.35. The van der Waals surface area contributed by atoms with E-state index in [0.29, 0.717) is 31.5 Å². The molecule has 0 bridgehead atoms. The maximum absolute atomic E-state index is 13.4. The predicted molar refractivity (Wildman–Crippen MR) is 112 cm³/mol. The lowest BCUT2D eigenvalue weighted by atomic mass is 9.73. The predicted octanol–water partition coefficient (Wildman–Crippen LogP) is 2.71. The Labute approximate surface area is 171 Å². The van der Waals surface area contributed by atoms with Crippen molar-refractivity contribution < 1.29 is 14.3 Å². The van der Waals surface area contributed by atoms with Gasteiger partial charge in [0.25, 0.3) is 0 Å². The Morgan fingerprint density at radius 1 is 1.04 bits per heavy atom. The van der Waals surface area contributed by atoms with E-state index in [9.17, 15) is 9.59 Å². The minimum Gasteiger partial charge on any atom is -0.381 e. The fraction of sp³-hybridized carbons (Fsp3) is 0.909. The molecule has 28 heavy (non-hydrogen) atoms. The van der Waals surface area contributed by atoms with Crippen LogP contribution in [0.2, 0.25) is 0 Å². The molecule has 2 aliphatic rings. The summed E-state index contributed by atoms with van der Waals surface area (Å²) in [7, 11) is 0. The zero-order valence-electron chi connectivity index (χ0n) is 18.4. The highest BCUT2D eigenvalue weighted by atomic mass is 16.5. The third kappa shape index (κ3) is 6.73. The number of hydrogen-bond acceptors (Lipinski definition) is 4. The van der Waals surface area contributed by atoms with Gasteiger partial charge in [-0.2, -0.15) is 0 Å². The van der Waals surface area contributed by atoms with Crippen LogP contribution in [0.5, 0.6) is 0 Å². The maximum atomic E-state index is 13.4. The number of hydrogen-bond donors (Lipinski definition) is 2. The van der Waals surface area contributed by atoms with E-state index in [4.69, 9.17) is 4.74 Å². The summed E-state index contributed by atoms with van der Waals surface area (Å²) in [5.41, 5.74) is -0.356. The summed E-state index contributed by atoms with van der Waals surface area (Å²) >= 11 is 0. The van der Waals surface area contributed by atoms with Crippen molar-refractivity contribution in [1.29, 1.82) is 0 Å². The summed E-state index contributed by atoms with van der Waals surface area (Å²) in [6, 6.07) is 0.0585. The molecule has 162 valence electrons. The van der Waals surface area contributed by atoms with Crippen molar-refractivity contribution in [2.45, 2.75) is 84.7 Å². The lowest BCUT2D eigenvalue weighted by Crippen LogP contribution is -2.55. The minimum atomic E-state index is -0.448. The highest BCUT2D eigenvalue weighted by molar-refractivity contribution is 5.90. The normalized spacial score (nSPS) is 26.1. The molecular formula is C22H41N3O3. The second-order valence-electron chi connectivity index (χ2n) is 9.28. The lowest BCUT2D eigenvalue weighted by Gasteiger charge is -2.43. The van der Waals surface area contributed by atoms with Crippen LogP contribution in [0.4, 0.5) is 0 Å². The van der Waals surface area contributed by atoms with Crippen LogP contribution in [-0.4, -0.2) is 61.6 Å². The molecule has 2 amide bonds. The van der Waals surface area contributed by atoms with Crippen molar-refractivity contribution in [2.24, 2.45) is 11.3 Å². The second-order valence-corrected chi connectivity index (χ2v) is 9.28. The summed E-state index contributed by atoms with van der Waals surface area (Å²) < 4.78 is 5.70. The molecule has 0 aliphatic carbocycles. The summed E-state index contributed by atoms with van der Waals surface area (Å²) in [6.07, 6.45) is 6.08. The van der Waals surface area contributed by atoms with Crippen molar-refractivity contribution in [3.63, 3.8) is 0 Å². The average Bonchev–Trinajstić information content (AvgIpc) is 2.65. The summed E-state index contributed by atoms with van der Waals surface area (Å²) in [6.45, 7) is 12.5. The molecule has 6 nitrogen and oxygen atoms in total. The van der Waals surface area contributed by atoms with Crippen molar-refractivity contribution >= 4 is 11.8 Å². The van der Waals surface area contributed by atoms with Crippen LogP contribution in [0.25, 0.3) is 0 Å². The van der Waals surface area contributed by atoms with Gasteiger partial charge in [-0.25, -0.2) is 0 Å². The van der Waals surface area contributed by atoms with Gasteiger partial charge in [-0.3, -0.25) is 9.59 Å². The first-order chi connectivity index (χ1) is 13.3. The first kappa shape index (κ1) is 23.1. The van der Waals surface area contributed by atoms with Gasteiger partial charge in [-0.15, -0.1) is 0 Å². The van der Waals surface area contributed by atoms with Gasteiger partial charge in [0.15, 0.2) is 0 Å². The van der Waals surface area contributed by atoms with E-state index in [2.05, 4.69) is 43.2 Å². The van der Waals surface area contributed by atoms with Gasteiger partial charge in [0, 0.05) is 25.8 Å². The van der Waals surface area contributed by atoms with Crippen LogP contribution in [0.3, 0.4) is 0 Å². The molecule has 0 aromatic rings. The van der Waals surface area contributed by atoms with Crippen molar-refractivity contribution in [3.8, 4) is 0 Å². The van der Waals surface area contributed by atoms with Crippen LogP contribution in [-0.2, 0) is 14.3 Å². The number of amides is 2. The van der Waals surface area contributed by atoms with Crippen molar-refractivity contribution in [1.82, 2.24) is 15.5 Å². The number of rotatable bonds is 3. The molecule has 2 aliphatic heterocycles. The van der Waals surface area contributed by atoms with Gasteiger partial charge in [0.1, 0.15) is 6.04 Å². The Kier molecular flexibility index (Phi) is 9.22. The Hall–Kier alpha value is -1.14. The number of ether oxygens (including phenoxy) is 1. The molecule has 1 spiro atoms. The number of carbonyl (C=O) groups is 2. The number of piperidine rings is 1. The van der Waals surface area contributed by atoms with E-state index in [1.54, 1.807) is 0 Å². The molecule has 0 aromatic heterocycles. The zero-order valence-corrected chi connectivity index (χ0v) is 18.4. The first-order valence-electron chi connectivity index (χ1n) is 11.2. The number of nitrogens with one attached hydrogen (secondary N) is 2. The quantitative estimate of drug-likeness (QED) is 0.771. The number of carbonyl (C=O) groups excluding carboxylic acids is 2. The van der Waals surface area contributed by atoms with Crippen molar-refractivity contribution in [3.05, 3.63) is 0 Å². The Morgan fingerprint density at radius 2 is 1.71 bits per heavy atom. The molecule has 0 radical (unpaired) electrons. The smallest absolute Gasteiger partial charge is 0.242 e. The number of nitrogens with zero attached hydrogens (tertiary/aromatic N) is 1. The van der Waals surface area contributed by atoms with Crippen molar-refractivity contribution in [2.75, 3.05) is 32.8 Å². The second kappa shape index (κ2) is 11.1. The molecule has 0 unspecified atom stereocenters. The van der Waals surface area contributed by atoms with Gasteiger partial charge in [-0.1, -0.05) is 20.3 Å². The topological polar surface area (TPSA) is 70.7 Å². The molecule has 2 rings (SSSR count). The van der Waals surface area contributed by atoms with E-state index in [1.807, 2.05) is 0 Å². The highest BCUT2D eigenvalue weighted by Gasteiger charge is 2.42. The van der Waals surface area contributed by atoms with Crippen LogP contribution in [0.15, 0.2) is 0 Å². The molecule has 2 heterocycles. The monoisotopic (exact) mass is 395 g/mol. The molecule has 0 saturated carbocycles. The lowest BCUT2D eigenvalue weighted by molar-refractivity contribution is -0.139. The van der Waals surface area contributed by atoms with Gasteiger partial charge in [-0.05, 0) is 71.4 Å². The molecule has 1 atom stereocenters. The van der Waals surface area contributed by atoms with Crippen LogP contribution in [0, 0.1) is 11.3 Å². The first-order valence-corrected chi connectivity index (χ1v) is 11.2. The molecule has 2 N–H and O–H groups in total. The van der Waals surface area contributed by atoms with E-state index < -0.39 is 6.04 Å². The van der Waals surface area contributed by atoms with Gasteiger partial charge in [0.2, 0.25) is 11.8 Å². The Bertz CT molecular complexity index is 499. The Balaban J connectivity index is 2.14. The summed E-state index contributed by atoms with van der Waals surface area (Å²) in [5.74, 6) is 0.362. The maximum Gasteiger partial charge on any atom is 0.242 e. The molecule has 2 fully saturated rings. The fourth-order valence-corrected chi connectivity index (χ4v) is 4.35. The van der Waals surface area contributed by atoms with Gasteiger partial charge < -0.3 is 20.3 Å². The third-order valence-corrected chi connectivity index (χ3v) is 6.25. The van der Waals surface area contributed by atoms with Gasteiger partial charge in [0.05, 0.1) is 5.41 Å². The van der Waals surface area contributed by atoms with Crippen LogP contribution < -0.4 is 10.6 Å². The molecular weight excluding hydrogens is 354 g/mol. The summed E-state index contributed by atoms with van der Waals surface area (Å²) in [5, 5.41) is 6.14. The van der Waals surface area contributed by atoms with E-state index >= 15 is 0 Å². The van der Waals surface area contributed by atoms with Gasteiger partial charge >= 0.3 is 0 Å². The largest absolute Gasteiger partial charge is 0.381 e. The zero-order chi connectivity index (χ0) is 20.6. The highest BCUT2D eigenvalue weighted by Crippen LogP contribution is 2.38. The summed E-state index contributed by atoms with van der Waals surface area (Å²) in [4.78, 5) is 28.6. The van der Waals surface area contributed by atoms with E-state index in [1.165, 1.54) is 0 Å². The third-order valence-electron chi connectivity index (χ3n) is 6.25. The average molecular weight is 396 g/mol. The standard InChI is InChI=1S/C22H41N3O3/c1-17(2)16-19-20(26)23-11-7-15-28-14-6-5-8-22(21(27)24-19)9-12-25(13-10-22)18(3)4/h17-19H,5-16H2,1-4H3,(H,23,26)(H,24,27)/t19-/m0/s1. The SMILES string of the molecule is CC(C)C[C@@H]1NC(=O)C2(CCCCOCCCNC1=O)CCN(C(C)C)CC2. The molecule has 0 aromatic carbocycles. The minimum absolute atomic E-state index is 0.0612. The molecule has 2 saturated heterocycles.